The van der Waals surface area contributed by atoms with E-state index in [1.54, 1.807) is 22.2 Å². The molecule has 0 saturated carbocycles. The smallest absolute Gasteiger partial charge is 0.263 e. The molecule has 8 nitrogen and oxygen atoms in total. The fourth-order valence-corrected chi connectivity index (χ4v) is 4.96. The van der Waals surface area contributed by atoms with Crippen LogP contribution >= 0.6 is 11.3 Å². The van der Waals surface area contributed by atoms with E-state index in [1.165, 1.54) is 4.88 Å². The Bertz CT molecular complexity index is 1290. The molecular weight excluding hydrogens is 424 g/mol. The van der Waals surface area contributed by atoms with E-state index in [-0.39, 0.29) is 5.56 Å². The maximum Gasteiger partial charge on any atom is 0.263 e. The van der Waals surface area contributed by atoms with E-state index in [4.69, 9.17) is 4.52 Å². The number of hydrogen-bond donors (Lipinski definition) is 0. The van der Waals surface area contributed by atoms with Gasteiger partial charge in [0, 0.05) is 36.6 Å². The number of thiophene rings is 1. The van der Waals surface area contributed by atoms with Crippen molar-refractivity contribution in [2.75, 3.05) is 26.2 Å². The van der Waals surface area contributed by atoms with E-state index < -0.39 is 0 Å². The van der Waals surface area contributed by atoms with Gasteiger partial charge in [0.1, 0.15) is 11.2 Å². The van der Waals surface area contributed by atoms with Gasteiger partial charge in [-0.05, 0) is 25.0 Å². The topological polar surface area (TPSA) is 80.3 Å². The van der Waals surface area contributed by atoms with Crippen LogP contribution in [0.25, 0.3) is 21.6 Å². The molecule has 9 heteroatoms. The summed E-state index contributed by atoms with van der Waals surface area (Å²) in [6.45, 7) is 8.83. The number of rotatable bonds is 6. The molecule has 0 aliphatic carbocycles. The van der Waals surface area contributed by atoms with Gasteiger partial charge in [-0.15, -0.1) is 11.3 Å². The maximum absolute atomic E-state index is 12.8. The highest BCUT2D eigenvalue weighted by Gasteiger charge is 2.20. The number of hydrogen-bond acceptors (Lipinski definition) is 8. The molecule has 0 bridgehead atoms. The normalized spacial score (nSPS) is 15.6. The maximum atomic E-state index is 12.8. The van der Waals surface area contributed by atoms with E-state index in [2.05, 4.69) is 31.8 Å². The van der Waals surface area contributed by atoms with E-state index >= 15 is 0 Å². The van der Waals surface area contributed by atoms with Crippen LogP contribution in [0.15, 0.2) is 46.0 Å². The highest BCUT2D eigenvalue weighted by molar-refractivity contribution is 7.18. The Kier molecular flexibility index (Phi) is 5.86. The van der Waals surface area contributed by atoms with Gasteiger partial charge in [-0.2, -0.15) is 4.98 Å². The molecule has 32 heavy (non-hydrogen) atoms. The van der Waals surface area contributed by atoms with Crippen molar-refractivity contribution in [3.05, 3.63) is 63.3 Å². The van der Waals surface area contributed by atoms with E-state index in [0.717, 1.165) is 53.9 Å². The van der Waals surface area contributed by atoms with Gasteiger partial charge in [-0.1, -0.05) is 36.3 Å². The zero-order valence-corrected chi connectivity index (χ0v) is 19.1. The summed E-state index contributed by atoms with van der Waals surface area (Å²) in [7, 11) is 0. The van der Waals surface area contributed by atoms with Crippen LogP contribution in [0.4, 0.5) is 0 Å². The fraction of sp³-hybridized carbons (Fsp3) is 0.391. The molecule has 4 heterocycles. The van der Waals surface area contributed by atoms with Crippen LogP contribution in [0.2, 0.25) is 0 Å². The number of aromatic nitrogens is 4. The molecule has 5 rings (SSSR count). The molecule has 0 spiro atoms. The SMILES string of the molecule is CCc1cc2c(=O)n(CN3CCN(Cc4nc(-c5ccccc5C)no4)CC3)cnc2s1. The van der Waals surface area contributed by atoms with Gasteiger partial charge in [0.05, 0.1) is 18.6 Å². The van der Waals surface area contributed by atoms with Gasteiger partial charge in [0.25, 0.3) is 5.56 Å². The van der Waals surface area contributed by atoms with Crippen molar-refractivity contribution in [3.63, 3.8) is 0 Å². The minimum Gasteiger partial charge on any atom is -0.338 e. The zero-order valence-electron chi connectivity index (χ0n) is 18.3. The lowest BCUT2D eigenvalue weighted by molar-refractivity contribution is 0.0940. The monoisotopic (exact) mass is 450 g/mol. The Balaban J connectivity index is 1.19. The number of benzene rings is 1. The lowest BCUT2D eigenvalue weighted by Gasteiger charge is -2.33. The largest absolute Gasteiger partial charge is 0.338 e. The molecular formula is C23H26N6O2S. The first kappa shape index (κ1) is 21.0. The van der Waals surface area contributed by atoms with Gasteiger partial charge >= 0.3 is 0 Å². The van der Waals surface area contributed by atoms with Gasteiger partial charge in [-0.3, -0.25) is 19.2 Å². The Labute approximate surface area is 190 Å². The Morgan fingerprint density at radius 3 is 2.69 bits per heavy atom. The van der Waals surface area contributed by atoms with E-state index in [9.17, 15) is 4.79 Å². The van der Waals surface area contributed by atoms with Crippen molar-refractivity contribution in [1.29, 1.82) is 0 Å². The standard InChI is InChI=1S/C23H26N6O2S/c1-3-17-12-19-22(32-17)24-14-29(23(19)30)15-28-10-8-27(9-11-28)13-20-25-21(26-31-20)18-7-5-4-6-16(18)2/h4-7,12,14H,3,8-11,13,15H2,1-2H3. The molecule has 1 aromatic carbocycles. The number of aryl methyl sites for hydroxylation is 2. The summed E-state index contributed by atoms with van der Waals surface area (Å²) in [5.41, 5.74) is 2.17. The first-order valence-electron chi connectivity index (χ1n) is 10.9. The summed E-state index contributed by atoms with van der Waals surface area (Å²) in [5.74, 6) is 1.27. The Morgan fingerprint density at radius 2 is 1.91 bits per heavy atom. The molecule has 1 aliphatic heterocycles. The number of fused-ring (bicyclic) bond motifs is 1. The van der Waals surface area contributed by atoms with E-state index in [1.807, 2.05) is 37.3 Å². The van der Waals surface area contributed by atoms with Crippen LogP contribution in [-0.2, 0) is 19.6 Å². The second-order valence-corrected chi connectivity index (χ2v) is 9.28. The van der Waals surface area contributed by atoms with Gasteiger partial charge < -0.3 is 4.52 Å². The average molecular weight is 451 g/mol. The average Bonchev–Trinajstić information content (AvgIpc) is 3.45. The molecule has 0 N–H and O–H groups in total. The Hall–Kier alpha value is -2.88. The van der Waals surface area contributed by atoms with Crippen molar-refractivity contribution in [2.45, 2.75) is 33.5 Å². The first-order chi connectivity index (χ1) is 15.6. The van der Waals surface area contributed by atoms with Crippen molar-refractivity contribution in [1.82, 2.24) is 29.5 Å². The second-order valence-electron chi connectivity index (χ2n) is 8.17. The Morgan fingerprint density at radius 1 is 1.12 bits per heavy atom. The van der Waals surface area contributed by atoms with Crippen LogP contribution in [0, 0.1) is 6.92 Å². The first-order valence-corrected chi connectivity index (χ1v) is 11.7. The van der Waals surface area contributed by atoms with Crippen molar-refractivity contribution in [3.8, 4) is 11.4 Å². The predicted molar refractivity (Wildman–Crippen MR) is 125 cm³/mol. The molecule has 0 unspecified atom stereocenters. The van der Waals surface area contributed by atoms with Crippen LogP contribution in [-0.4, -0.2) is 55.7 Å². The molecule has 0 atom stereocenters. The minimum absolute atomic E-state index is 0.0444. The third kappa shape index (κ3) is 4.23. The van der Waals surface area contributed by atoms with Gasteiger partial charge in [0.15, 0.2) is 0 Å². The highest BCUT2D eigenvalue weighted by Crippen LogP contribution is 2.22. The number of piperazine rings is 1. The molecule has 0 amide bonds. The zero-order chi connectivity index (χ0) is 22.1. The number of nitrogens with zero attached hydrogens (tertiary/aromatic N) is 6. The molecule has 3 aromatic heterocycles. The third-order valence-corrected chi connectivity index (χ3v) is 7.14. The second kappa shape index (κ2) is 8.93. The van der Waals surface area contributed by atoms with Gasteiger partial charge in [-0.25, -0.2) is 4.98 Å². The predicted octanol–water partition coefficient (Wildman–Crippen LogP) is 3.15. The highest BCUT2D eigenvalue weighted by atomic mass is 32.1. The van der Waals surface area contributed by atoms with Crippen molar-refractivity contribution >= 4 is 21.6 Å². The molecule has 1 saturated heterocycles. The lowest BCUT2D eigenvalue weighted by atomic mass is 10.1. The molecule has 166 valence electrons. The molecule has 1 fully saturated rings. The summed E-state index contributed by atoms with van der Waals surface area (Å²) < 4.78 is 7.22. The summed E-state index contributed by atoms with van der Waals surface area (Å²) in [6, 6.07) is 10.0. The summed E-state index contributed by atoms with van der Waals surface area (Å²) in [6.07, 6.45) is 2.60. The molecule has 0 radical (unpaired) electrons. The summed E-state index contributed by atoms with van der Waals surface area (Å²) in [4.78, 5) is 28.5. The minimum atomic E-state index is 0.0444. The van der Waals surface area contributed by atoms with Crippen LogP contribution in [0.3, 0.4) is 0 Å². The fourth-order valence-electron chi connectivity index (χ4n) is 4.03. The molecule has 1 aliphatic rings. The van der Waals surface area contributed by atoms with Crippen molar-refractivity contribution < 1.29 is 4.52 Å². The van der Waals surface area contributed by atoms with Gasteiger partial charge in [0.2, 0.25) is 11.7 Å². The van der Waals surface area contributed by atoms with Crippen LogP contribution in [0.1, 0.15) is 23.3 Å². The van der Waals surface area contributed by atoms with Crippen molar-refractivity contribution in [2.24, 2.45) is 0 Å². The van der Waals surface area contributed by atoms with E-state index in [0.29, 0.717) is 24.9 Å². The quantitative estimate of drug-likeness (QED) is 0.446. The summed E-state index contributed by atoms with van der Waals surface area (Å²) >= 11 is 1.60. The summed E-state index contributed by atoms with van der Waals surface area (Å²) in [5, 5.41) is 4.89. The third-order valence-electron chi connectivity index (χ3n) is 5.95. The van der Waals surface area contributed by atoms with Crippen LogP contribution in [0.5, 0.6) is 0 Å². The van der Waals surface area contributed by atoms with Crippen LogP contribution < -0.4 is 5.56 Å². The molecule has 4 aromatic rings. The lowest BCUT2D eigenvalue weighted by Crippen LogP contribution is -2.47.